The van der Waals surface area contributed by atoms with E-state index in [9.17, 15) is 5.11 Å². The molecule has 4 rings (SSSR count). The van der Waals surface area contributed by atoms with Crippen LogP contribution in [0, 0.1) is 77.6 Å². The average Bonchev–Trinajstić information content (AvgIpc) is 3.46. The van der Waals surface area contributed by atoms with E-state index in [2.05, 4.69) is 10.1 Å². The van der Waals surface area contributed by atoms with Gasteiger partial charge in [0.15, 0.2) is 0 Å². The van der Waals surface area contributed by atoms with Gasteiger partial charge < -0.3 is 9.84 Å². The molecule has 6 heteroatoms. The van der Waals surface area contributed by atoms with E-state index in [4.69, 9.17) is 4.74 Å². The van der Waals surface area contributed by atoms with Gasteiger partial charge >= 0.3 is 17.1 Å². The maximum absolute atomic E-state index is 10.6. The summed E-state index contributed by atoms with van der Waals surface area (Å²) >= 11 is 0. The molecular weight excluding hydrogens is 394 g/mol. The molecule has 2 aliphatic rings. The molecule has 2 aromatic rings. The topological polar surface area (TPSA) is 60.2 Å². The van der Waals surface area contributed by atoms with Crippen molar-refractivity contribution < 1.29 is 26.9 Å². The summed E-state index contributed by atoms with van der Waals surface area (Å²) in [6.07, 6.45) is 18.9. The largest absolute Gasteiger partial charge is 2.00 e. The molecular formula is C22H23FeN3O2+2. The van der Waals surface area contributed by atoms with E-state index in [1.807, 2.05) is 89.8 Å². The van der Waals surface area contributed by atoms with Crippen LogP contribution in [0.15, 0.2) is 30.9 Å². The summed E-state index contributed by atoms with van der Waals surface area (Å²) in [6.45, 7) is 4.08. The summed E-state index contributed by atoms with van der Waals surface area (Å²) in [5.41, 5.74) is 2.33. The normalized spacial score (nSPS) is 18.7. The van der Waals surface area contributed by atoms with E-state index in [1.54, 1.807) is 0 Å². The van der Waals surface area contributed by atoms with Crippen LogP contribution in [0.5, 0.6) is 5.75 Å². The number of ether oxygens (including phenoxy) is 1. The Morgan fingerprint density at radius 2 is 1.57 bits per heavy atom. The molecule has 0 spiro atoms. The van der Waals surface area contributed by atoms with Crippen LogP contribution in [0.1, 0.15) is 17.4 Å². The van der Waals surface area contributed by atoms with Gasteiger partial charge in [0.25, 0.3) is 0 Å². The minimum atomic E-state index is -0.835. The number of aryl methyl sites for hydroxylation is 2. The van der Waals surface area contributed by atoms with E-state index in [0.29, 0.717) is 5.75 Å². The van der Waals surface area contributed by atoms with Crippen molar-refractivity contribution >= 4 is 0 Å². The van der Waals surface area contributed by atoms with Gasteiger partial charge in [0.1, 0.15) is 24.5 Å². The Hall–Kier alpha value is -1.36. The summed E-state index contributed by atoms with van der Waals surface area (Å²) in [4.78, 5) is 3.94. The number of hydrogen-bond acceptors (Lipinski definition) is 4. The summed E-state index contributed by atoms with van der Waals surface area (Å²) in [5.74, 6) is 1.47. The number of aliphatic hydroxyl groups is 1. The fourth-order valence-electron chi connectivity index (χ4n) is 2.61. The third-order valence-corrected chi connectivity index (χ3v) is 4.29. The molecule has 2 fully saturated rings. The smallest absolute Gasteiger partial charge is 0.466 e. The number of hydrogen-bond donors (Lipinski definition) is 1. The first-order valence-corrected chi connectivity index (χ1v) is 8.79. The van der Waals surface area contributed by atoms with Crippen molar-refractivity contribution in [2.24, 2.45) is 0 Å². The fraction of sp³-hybridized carbons (Fsp3) is 0.182. The van der Waals surface area contributed by atoms with E-state index in [-0.39, 0.29) is 17.1 Å². The van der Waals surface area contributed by atoms with E-state index < -0.39 is 12.3 Å². The van der Waals surface area contributed by atoms with Gasteiger partial charge in [-0.25, -0.2) is 9.67 Å². The van der Waals surface area contributed by atoms with Gasteiger partial charge in [-0.2, -0.15) is 5.10 Å². The van der Waals surface area contributed by atoms with Gasteiger partial charge in [0.2, 0.25) is 6.23 Å². The molecule has 2 atom stereocenters. The van der Waals surface area contributed by atoms with Crippen LogP contribution in [0.25, 0.3) is 0 Å². The zero-order valence-electron chi connectivity index (χ0n) is 15.8. The summed E-state index contributed by atoms with van der Waals surface area (Å²) in [7, 11) is 0. The Morgan fingerprint density at radius 3 is 2.11 bits per heavy atom. The molecule has 144 valence electrons. The van der Waals surface area contributed by atoms with Crippen molar-refractivity contribution in [3.05, 3.63) is 106 Å². The SMILES string of the molecule is Cc1ccc(OC(C(O)[C]2[CH][CH][CH][CH]2)n2cncn2)cc1C.[CH]1[CH][CH][CH][CH]1.[Fe+2]. The molecule has 28 heavy (non-hydrogen) atoms. The first-order chi connectivity index (χ1) is 13.1. The molecule has 5 nitrogen and oxygen atoms in total. The number of benzene rings is 1. The molecule has 0 saturated heterocycles. The van der Waals surface area contributed by atoms with Crippen molar-refractivity contribution in [1.29, 1.82) is 0 Å². The van der Waals surface area contributed by atoms with Crippen LogP contribution in [-0.4, -0.2) is 26.0 Å². The molecule has 2 unspecified atom stereocenters. The molecule has 0 amide bonds. The molecule has 1 aromatic carbocycles. The number of rotatable bonds is 5. The van der Waals surface area contributed by atoms with Crippen LogP contribution >= 0.6 is 0 Å². The first kappa shape index (κ1) is 22.9. The van der Waals surface area contributed by atoms with Crippen molar-refractivity contribution in [2.45, 2.75) is 26.2 Å². The zero-order valence-corrected chi connectivity index (χ0v) is 16.9. The molecule has 2 saturated carbocycles. The fourth-order valence-corrected chi connectivity index (χ4v) is 2.61. The van der Waals surface area contributed by atoms with E-state index >= 15 is 0 Å². The van der Waals surface area contributed by atoms with Gasteiger partial charge in [-0.15, -0.1) is 0 Å². The van der Waals surface area contributed by atoms with Crippen molar-refractivity contribution in [1.82, 2.24) is 14.8 Å². The van der Waals surface area contributed by atoms with Gasteiger partial charge in [0.05, 0.1) is 0 Å². The van der Waals surface area contributed by atoms with Crippen LogP contribution in [0.4, 0.5) is 0 Å². The van der Waals surface area contributed by atoms with Crippen molar-refractivity contribution in [3.8, 4) is 5.75 Å². The maximum atomic E-state index is 10.6. The number of nitrogens with zero attached hydrogens (tertiary/aromatic N) is 3. The average molecular weight is 417 g/mol. The predicted octanol–water partition coefficient (Wildman–Crippen LogP) is 3.26. The zero-order chi connectivity index (χ0) is 19.1. The van der Waals surface area contributed by atoms with Crippen molar-refractivity contribution in [3.63, 3.8) is 0 Å². The molecule has 0 bridgehead atoms. The second-order valence-corrected chi connectivity index (χ2v) is 6.26. The van der Waals surface area contributed by atoms with E-state index in [0.717, 1.165) is 11.5 Å². The van der Waals surface area contributed by atoms with Crippen LogP contribution in [0.2, 0.25) is 0 Å². The molecule has 10 radical (unpaired) electrons. The molecule has 1 N–H and O–H groups in total. The summed E-state index contributed by atoms with van der Waals surface area (Å²) in [6, 6.07) is 5.85. The maximum Gasteiger partial charge on any atom is 2.00 e. The molecule has 1 aromatic heterocycles. The van der Waals surface area contributed by atoms with Gasteiger partial charge in [-0.3, -0.25) is 0 Å². The van der Waals surface area contributed by atoms with Gasteiger partial charge in [0, 0.05) is 5.92 Å². The number of aromatic nitrogens is 3. The van der Waals surface area contributed by atoms with Crippen LogP contribution in [0.3, 0.4) is 0 Å². The Balaban J connectivity index is 0.000000408. The van der Waals surface area contributed by atoms with Gasteiger partial charge in [-0.1, -0.05) is 6.07 Å². The minimum Gasteiger partial charge on any atom is -0.466 e. The Bertz CT molecular complexity index is 675. The van der Waals surface area contributed by atoms with Crippen LogP contribution in [-0.2, 0) is 17.1 Å². The van der Waals surface area contributed by atoms with Gasteiger partial charge in [-0.05, 0) is 94.9 Å². The first-order valence-electron chi connectivity index (χ1n) is 8.79. The number of aliphatic hydroxyl groups excluding tert-OH is 1. The Kier molecular flexibility index (Phi) is 9.49. The minimum absolute atomic E-state index is 0. The molecule has 2 aliphatic carbocycles. The Labute approximate surface area is 179 Å². The second-order valence-electron chi connectivity index (χ2n) is 6.26. The summed E-state index contributed by atoms with van der Waals surface area (Å²) < 4.78 is 7.51. The second kappa shape index (κ2) is 11.6. The van der Waals surface area contributed by atoms with Crippen LogP contribution < -0.4 is 4.74 Å². The van der Waals surface area contributed by atoms with Crippen molar-refractivity contribution in [2.75, 3.05) is 0 Å². The van der Waals surface area contributed by atoms with E-state index in [1.165, 1.54) is 22.9 Å². The standard InChI is InChI=1S/C17H18N3O2.C5H5.Fe/c1-12-7-8-15(9-13(12)2)22-17(20-11-18-10-19-20)16(21)14-5-3-4-6-14;1-2-4-5-3-1;/h3-11,16-17,21H,1-2H3;1-5H;/q;;+2. The third kappa shape index (κ3) is 6.33. The third-order valence-electron chi connectivity index (χ3n) is 4.29. The Morgan fingerprint density at radius 1 is 0.929 bits per heavy atom. The predicted molar refractivity (Wildman–Crippen MR) is 104 cm³/mol. The monoisotopic (exact) mass is 417 g/mol. The quantitative estimate of drug-likeness (QED) is 0.759. The molecule has 0 aliphatic heterocycles. The molecule has 1 heterocycles. The summed E-state index contributed by atoms with van der Waals surface area (Å²) in [5, 5.41) is 14.7.